The second kappa shape index (κ2) is 6.82. The van der Waals surface area contributed by atoms with Gasteiger partial charge in [-0.15, -0.1) is 0 Å². The highest BCUT2D eigenvalue weighted by Gasteiger charge is 2.20. The number of hydrogen-bond acceptors (Lipinski definition) is 8. The summed E-state index contributed by atoms with van der Waals surface area (Å²) in [4.78, 5) is -1.93. The van der Waals surface area contributed by atoms with Crippen molar-refractivity contribution in [1.29, 1.82) is 0 Å². The standard InChI is InChI=1S/C12H12N2O9S3/c15-24(16,17)9-3-1-8(2-4-9)13-14-11-6-5-10(25(18,19)20)7-12(11)26(21,22)23/h1-7,13-14H,(H,15,16,17)(H,18,19,20)(H,21,22,23). The van der Waals surface area contributed by atoms with Gasteiger partial charge in [0, 0.05) is 0 Å². The van der Waals surface area contributed by atoms with Gasteiger partial charge in [-0.3, -0.25) is 19.1 Å². The van der Waals surface area contributed by atoms with E-state index in [2.05, 4.69) is 10.9 Å². The van der Waals surface area contributed by atoms with Crippen molar-refractivity contribution in [2.24, 2.45) is 0 Å². The Kier molecular flexibility index (Phi) is 5.27. The molecule has 0 bridgehead atoms. The van der Waals surface area contributed by atoms with Crippen molar-refractivity contribution < 1.29 is 38.9 Å². The molecule has 0 aliphatic rings. The average molecular weight is 424 g/mol. The largest absolute Gasteiger partial charge is 0.301 e. The van der Waals surface area contributed by atoms with Gasteiger partial charge in [0.05, 0.1) is 21.2 Å². The maximum atomic E-state index is 11.4. The summed E-state index contributed by atoms with van der Waals surface area (Å²) in [7, 11) is -13.9. The minimum absolute atomic E-state index is 0.248. The molecule has 0 aliphatic heterocycles. The predicted octanol–water partition coefficient (Wildman–Crippen LogP) is 0.866. The van der Waals surface area contributed by atoms with Crippen LogP contribution >= 0.6 is 0 Å². The van der Waals surface area contributed by atoms with Gasteiger partial charge in [0.25, 0.3) is 30.4 Å². The molecule has 2 aromatic rings. The average Bonchev–Trinajstić information content (AvgIpc) is 2.50. The third kappa shape index (κ3) is 4.90. The van der Waals surface area contributed by atoms with Crippen LogP contribution in [0.25, 0.3) is 0 Å². The van der Waals surface area contributed by atoms with E-state index >= 15 is 0 Å². The molecule has 0 amide bonds. The summed E-state index contributed by atoms with van der Waals surface area (Å²) in [6.45, 7) is 0. The van der Waals surface area contributed by atoms with E-state index in [0.29, 0.717) is 6.07 Å². The molecular formula is C12H12N2O9S3. The smallest absolute Gasteiger partial charge is 0.296 e. The van der Waals surface area contributed by atoms with Crippen LogP contribution in [-0.4, -0.2) is 38.9 Å². The number of hydrazine groups is 1. The van der Waals surface area contributed by atoms with E-state index in [1.54, 1.807) is 0 Å². The van der Waals surface area contributed by atoms with Crippen molar-refractivity contribution in [3.8, 4) is 0 Å². The fraction of sp³-hybridized carbons (Fsp3) is 0. The third-order valence-electron chi connectivity index (χ3n) is 3.02. The van der Waals surface area contributed by atoms with Crippen LogP contribution < -0.4 is 10.9 Å². The first kappa shape index (κ1) is 20.1. The van der Waals surface area contributed by atoms with E-state index in [0.717, 1.165) is 24.3 Å². The van der Waals surface area contributed by atoms with Gasteiger partial charge in [0.15, 0.2) is 0 Å². The molecule has 0 aromatic heterocycles. The second-order valence-corrected chi connectivity index (χ2v) is 9.09. The summed E-state index contributed by atoms with van der Waals surface area (Å²) in [6, 6.07) is 7.07. The Bertz CT molecular complexity index is 1140. The zero-order valence-corrected chi connectivity index (χ0v) is 15.0. The van der Waals surface area contributed by atoms with Gasteiger partial charge in [0.1, 0.15) is 4.90 Å². The van der Waals surface area contributed by atoms with Crippen molar-refractivity contribution in [2.75, 3.05) is 10.9 Å². The van der Waals surface area contributed by atoms with Gasteiger partial charge in [-0.05, 0) is 42.5 Å². The van der Waals surface area contributed by atoms with E-state index in [4.69, 9.17) is 9.11 Å². The van der Waals surface area contributed by atoms with Crippen LogP contribution in [0.15, 0.2) is 57.2 Å². The highest BCUT2D eigenvalue weighted by Crippen LogP contribution is 2.25. The van der Waals surface area contributed by atoms with E-state index in [-0.39, 0.29) is 16.3 Å². The topological polar surface area (TPSA) is 187 Å². The van der Waals surface area contributed by atoms with Crippen LogP contribution in [0.4, 0.5) is 11.4 Å². The Balaban J connectivity index is 2.32. The van der Waals surface area contributed by atoms with Crippen LogP contribution in [0.3, 0.4) is 0 Å². The molecule has 0 unspecified atom stereocenters. The lowest BCUT2D eigenvalue weighted by Gasteiger charge is -2.13. The maximum absolute atomic E-state index is 11.4. The molecule has 0 spiro atoms. The van der Waals surface area contributed by atoms with Crippen LogP contribution in [0.5, 0.6) is 0 Å². The molecule has 2 rings (SSSR count). The van der Waals surface area contributed by atoms with Gasteiger partial charge in [-0.25, -0.2) is 0 Å². The lowest BCUT2D eigenvalue weighted by Crippen LogP contribution is -2.13. The number of nitrogens with one attached hydrogen (secondary N) is 2. The van der Waals surface area contributed by atoms with Gasteiger partial charge < -0.3 is 5.43 Å². The molecule has 14 heteroatoms. The number of rotatable bonds is 6. The Morgan fingerprint density at radius 2 is 1.12 bits per heavy atom. The highest BCUT2D eigenvalue weighted by atomic mass is 32.2. The fourth-order valence-electron chi connectivity index (χ4n) is 1.83. The van der Waals surface area contributed by atoms with Crippen molar-refractivity contribution in [3.63, 3.8) is 0 Å². The number of benzene rings is 2. The SMILES string of the molecule is O=S(=O)(O)c1ccc(NNc2ccc(S(=O)(=O)O)cc2S(=O)(=O)O)cc1. The first-order valence-corrected chi connectivity index (χ1v) is 10.8. The normalized spacial score (nSPS) is 12.6. The number of hydrogen-bond donors (Lipinski definition) is 5. The predicted molar refractivity (Wildman–Crippen MR) is 89.6 cm³/mol. The summed E-state index contributed by atoms with van der Waals surface area (Å²) < 4.78 is 94.0. The van der Waals surface area contributed by atoms with E-state index in [1.807, 2.05) is 0 Å². The van der Waals surface area contributed by atoms with Crippen LogP contribution in [-0.2, 0) is 30.4 Å². The molecule has 0 fully saturated rings. The lowest BCUT2D eigenvalue weighted by atomic mass is 10.3. The Labute approximate surface area is 148 Å². The molecule has 0 saturated carbocycles. The lowest BCUT2D eigenvalue weighted by molar-refractivity contribution is 0.479. The Hall–Kier alpha value is -2.23. The summed E-state index contributed by atoms with van der Waals surface area (Å²) in [5, 5.41) is 0. The highest BCUT2D eigenvalue weighted by molar-refractivity contribution is 7.86. The monoisotopic (exact) mass is 424 g/mol. The van der Waals surface area contributed by atoms with Crippen molar-refractivity contribution in [1.82, 2.24) is 0 Å². The molecule has 0 saturated heterocycles. The van der Waals surface area contributed by atoms with E-state index in [1.165, 1.54) is 12.1 Å². The fourth-order valence-corrected chi connectivity index (χ4v) is 3.56. The molecule has 0 radical (unpaired) electrons. The van der Waals surface area contributed by atoms with Gasteiger partial charge >= 0.3 is 0 Å². The molecule has 26 heavy (non-hydrogen) atoms. The molecule has 2 aromatic carbocycles. The number of anilines is 2. The summed E-state index contributed by atoms with van der Waals surface area (Å²) in [6.07, 6.45) is 0. The van der Waals surface area contributed by atoms with Crippen molar-refractivity contribution in [2.45, 2.75) is 14.7 Å². The maximum Gasteiger partial charge on any atom is 0.296 e. The molecular weight excluding hydrogens is 412 g/mol. The van der Waals surface area contributed by atoms with Gasteiger partial charge in [-0.1, -0.05) is 0 Å². The Morgan fingerprint density at radius 3 is 1.58 bits per heavy atom. The van der Waals surface area contributed by atoms with E-state index in [9.17, 15) is 29.8 Å². The zero-order chi connectivity index (χ0) is 19.8. The summed E-state index contributed by atoms with van der Waals surface area (Å²) in [5.74, 6) is 0. The minimum atomic E-state index is -4.84. The minimum Gasteiger partial charge on any atom is -0.301 e. The Morgan fingerprint density at radius 1 is 0.615 bits per heavy atom. The van der Waals surface area contributed by atoms with Crippen molar-refractivity contribution in [3.05, 3.63) is 42.5 Å². The summed E-state index contributed by atoms with van der Waals surface area (Å²) in [5.41, 5.74) is 4.89. The molecule has 142 valence electrons. The quantitative estimate of drug-likeness (QED) is 0.327. The first-order valence-electron chi connectivity index (χ1n) is 6.47. The first-order chi connectivity index (χ1) is 11.8. The van der Waals surface area contributed by atoms with Crippen LogP contribution in [0, 0.1) is 0 Å². The van der Waals surface area contributed by atoms with Gasteiger partial charge in [-0.2, -0.15) is 25.3 Å². The van der Waals surface area contributed by atoms with E-state index < -0.39 is 40.1 Å². The van der Waals surface area contributed by atoms with Crippen LogP contribution in [0.2, 0.25) is 0 Å². The zero-order valence-electron chi connectivity index (χ0n) is 12.6. The van der Waals surface area contributed by atoms with Crippen molar-refractivity contribution >= 4 is 41.7 Å². The molecule has 11 nitrogen and oxygen atoms in total. The summed E-state index contributed by atoms with van der Waals surface area (Å²) >= 11 is 0. The third-order valence-corrected chi connectivity index (χ3v) is 5.63. The second-order valence-electron chi connectivity index (χ2n) is 4.86. The molecule has 0 aliphatic carbocycles. The molecule has 0 heterocycles. The molecule has 0 atom stereocenters. The molecule has 5 N–H and O–H groups in total. The van der Waals surface area contributed by atoms with Crippen LogP contribution in [0.1, 0.15) is 0 Å². The van der Waals surface area contributed by atoms with Gasteiger partial charge in [0.2, 0.25) is 0 Å².